The molecule has 4 heteroatoms. The monoisotopic (exact) mass is 990 g/mol. The molecule has 4 aliphatic rings. The van der Waals surface area contributed by atoms with Crippen molar-refractivity contribution in [2.45, 2.75) is 177 Å². The lowest BCUT2D eigenvalue weighted by Gasteiger charge is -2.54. The third-order valence-corrected chi connectivity index (χ3v) is 18.7. The Bertz CT molecular complexity index is 3380. The van der Waals surface area contributed by atoms with Crippen LogP contribution in [0.4, 0.5) is 45.5 Å². The SMILES string of the molecule is Cc1cc2c3c(c1)N(c1ccc(C(C)(C)C)cc1-c1ccccc1)c1cc(C(C)(C)C)ccc1B3c1ccc(N3c4ccc(C(C)(C)C)cc4C4(C)CC(C(C)(C)C)CCC34C)cc1N2c1ccc(C(C)(C)C)cc1. The fraction of sp³-hybridized carbons (Fsp3) is 0.408. The van der Waals surface area contributed by atoms with Gasteiger partial charge in [-0.2, -0.15) is 0 Å². The minimum atomic E-state index is -0.127. The molecule has 3 atom stereocenters. The van der Waals surface area contributed by atoms with Gasteiger partial charge in [-0.25, -0.2) is 0 Å². The topological polar surface area (TPSA) is 9.72 Å². The van der Waals surface area contributed by atoms with E-state index >= 15 is 0 Å². The second kappa shape index (κ2) is 17.0. The first kappa shape index (κ1) is 51.1. The summed E-state index contributed by atoms with van der Waals surface area (Å²) in [5, 5.41) is 0. The van der Waals surface area contributed by atoms with E-state index in [0.29, 0.717) is 5.92 Å². The molecule has 386 valence electrons. The fourth-order valence-corrected chi connectivity index (χ4v) is 13.8. The van der Waals surface area contributed by atoms with Crippen molar-refractivity contribution in [3.05, 3.63) is 173 Å². The van der Waals surface area contributed by atoms with Crippen LogP contribution in [0.15, 0.2) is 140 Å². The van der Waals surface area contributed by atoms with Gasteiger partial charge in [0.15, 0.2) is 0 Å². The average Bonchev–Trinajstić information content (AvgIpc) is 3.62. The quantitative estimate of drug-likeness (QED) is 0.163. The number of hydrogen-bond donors (Lipinski definition) is 0. The van der Waals surface area contributed by atoms with Gasteiger partial charge in [-0.05, 0) is 182 Å². The molecule has 1 aliphatic carbocycles. The van der Waals surface area contributed by atoms with Crippen LogP contribution in [0.5, 0.6) is 0 Å². The largest absolute Gasteiger partial charge is 0.334 e. The lowest BCUT2D eigenvalue weighted by atomic mass is 9.33. The second-order valence-electron chi connectivity index (χ2n) is 29.0. The minimum Gasteiger partial charge on any atom is -0.334 e. The number of rotatable bonds is 4. The Kier molecular flexibility index (Phi) is 11.6. The van der Waals surface area contributed by atoms with Crippen LogP contribution < -0.4 is 31.1 Å². The van der Waals surface area contributed by atoms with E-state index in [1.165, 1.54) is 119 Å². The van der Waals surface area contributed by atoms with Gasteiger partial charge < -0.3 is 14.7 Å². The zero-order chi connectivity index (χ0) is 53.7. The van der Waals surface area contributed by atoms with Gasteiger partial charge >= 0.3 is 0 Å². The van der Waals surface area contributed by atoms with E-state index in [1.54, 1.807) is 0 Å². The van der Waals surface area contributed by atoms with Crippen molar-refractivity contribution < 1.29 is 0 Å². The van der Waals surface area contributed by atoms with Crippen LogP contribution in [0.2, 0.25) is 0 Å². The van der Waals surface area contributed by atoms with Gasteiger partial charge in [0.05, 0.1) is 11.2 Å². The molecule has 0 N–H and O–H groups in total. The lowest BCUT2D eigenvalue weighted by molar-refractivity contribution is 0.0786. The molecule has 3 aliphatic heterocycles. The molecule has 0 bridgehead atoms. The van der Waals surface area contributed by atoms with Crippen LogP contribution in [-0.2, 0) is 27.1 Å². The number of anilines is 8. The lowest BCUT2D eigenvalue weighted by Crippen LogP contribution is -2.61. The Morgan fingerprint density at radius 2 is 0.973 bits per heavy atom. The van der Waals surface area contributed by atoms with E-state index in [9.17, 15) is 0 Å². The summed E-state index contributed by atoms with van der Waals surface area (Å²) in [6.45, 7) is 43.1. The summed E-state index contributed by atoms with van der Waals surface area (Å²) in [7, 11) is 0. The zero-order valence-corrected chi connectivity index (χ0v) is 48.9. The summed E-state index contributed by atoms with van der Waals surface area (Å²) in [5.41, 5.74) is 24.8. The second-order valence-corrected chi connectivity index (χ2v) is 29.0. The molecule has 1 fully saturated rings. The van der Waals surface area contributed by atoms with Crippen LogP contribution >= 0.6 is 0 Å². The molecule has 0 radical (unpaired) electrons. The fourth-order valence-electron chi connectivity index (χ4n) is 13.8. The van der Waals surface area contributed by atoms with Crippen LogP contribution in [0.3, 0.4) is 0 Å². The van der Waals surface area contributed by atoms with E-state index in [0.717, 1.165) is 6.42 Å². The highest BCUT2D eigenvalue weighted by atomic mass is 15.3. The highest BCUT2D eigenvalue weighted by Gasteiger charge is 2.60. The predicted molar refractivity (Wildman–Crippen MR) is 327 cm³/mol. The molecular weight excluding hydrogens is 906 g/mol. The Morgan fingerprint density at radius 1 is 0.467 bits per heavy atom. The Labute approximate surface area is 452 Å². The summed E-state index contributed by atoms with van der Waals surface area (Å²) >= 11 is 0. The van der Waals surface area contributed by atoms with Crippen molar-refractivity contribution in [1.82, 2.24) is 0 Å². The van der Waals surface area contributed by atoms with E-state index < -0.39 is 0 Å². The molecule has 3 nitrogen and oxygen atoms in total. The van der Waals surface area contributed by atoms with E-state index in [1.807, 2.05) is 0 Å². The first-order chi connectivity index (χ1) is 35.0. The Hall–Kier alpha value is -6.00. The minimum absolute atomic E-state index is 0.00215. The maximum absolute atomic E-state index is 2.81. The highest BCUT2D eigenvalue weighted by Crippen LogP contribution is 2.64. The van der Waals surface area contributed by atoms with Gasteiger partial charge in [0.2, 0.25) is 0 Å². The summed E-state index contributed by atoms with van der Waals surface area (Å²) < 4.78 is 0. The average molecular weight is 990 g/mol. The number of fused-ring (bicyclic) bond motifs is 7. The van der Waals surface area contributed by atoms with Crippen LogP contribution in [0, 0.1) is 18.3 Å². The molecular formula is C71H84BN3. The molecule has 3 unspecified atom stereocenters. The molecule has 0 aromatic heterocycles. The molecule has 7 aromatic rings. The van der Waals surface area contributed by atoms with Gasteiger partial charge in [0.1, 0.15) is 0 Å². The van der Waals surface area contributed by atoms with Crippen molar-refractivity contribution in [3.8, 4) is 11.1 Å². The van der Waals surface area contributed by atoms with Crippen molar-refractivity contribution in [2.24, 2.45) is 11.3 Å². The summed E-state index contributed by atoms with van der Waals surface area (Å²) in [5.74, 6) is 0.635. The molecule has 1 saturated carbocycles. The van der Waals surface area contributed by atoms with Gasteiger partial charge in [-0.15, -0.1) is 0 Å². The summed E-state index contributed by atoms with van der Waals surface area (Å²) in [4.78, 5) is 8.09. The predicted octanol–water partition coefficient (Wildman–Crippen LogP) is 17.9. The van der Waals surface area contributed by atoms with Gasteiger partial charge in [0, 0.05) is 50.8 Å². The Morgan fingerprint density at radius 3 is 1.57 bits per heavy atom. The maximum Gasteiger partial charge on any atom is 0.252 e. The van der Waals surface area contributed by atoms with E-state index in [-0.39, 0.29) is 44.7 Å². The molecule has 11 rings (SSSR count). The van der Waals surface area contributed by atoms with Gasteiger partial charge in [-0.3, -0.25) is 0 Å². The van der Waals surface area contributed by atoms with Crippen LogP contribution in [0.1, 0.15) is 170 Å². The van der Waals surface area contributed by atoms with Gasteiger partial charge in [0.25, 0.3) is 6.71 Å². The first-order valence-electron chi connectivity index (χ1n) is 28.3. The normalized spacial score (nSPS) is 20.4. The Balaban J connectivity index is 1.19. The van der Waals surface area contributed by atoms with Crippen molar-refractivity contribution in [2.75, 3.05) is 14.7 Å². The summed E-state index contributed by atoms with van der Waals surface area (Å²) in [6, 6.07) is 55.4. The number of aryl methyl sites for hydroxylation is 1. The molecule has 0 saturated heterocycles. The smallest absolute Gasteiger partial charge is 0.252 e. The van der Waals surface area contributed by atoms with Crippen molar-refractivity contribution in [3.63, 3.8) is 0 Å². The zero-order valence-electron chi connectivity index (χ0n) is 48.9. The molecule has 7 aromatic carbocycles. The molecule has 3 heterocycles. The number of benzene rings is 7. The van der Waals surface area contributed by atoms with Crippen molar-refractivity contribution >= 4 is 68.6 Å². The molecule has 75 heavy (non-hydrogen) atoms. The maximum atomic E-state index is 2.81. The number of hydrogen-bond acceptors (Lipinski definition) is 3. The van der Waals surface area contributed by atoms with Gasteiger partial charge in [-0.1, -0.05) is 190 Å². The number of nitrogens with zero attached hydrogens (tertiary/aromatic N) is 3. The molecule has 0 spiro atoms. The van der Waals surface area contributed by atoms with E-state index in [4.69, 9.17) is 0 Å². The third-order valence-electron chi connectivity index (χ3n) is 18.7. The molecule has 0 amide bonds. The van der Waals surface area contributed by atoms with E-state index in [2.05, 4.69) is 279 Å². The summed E-state index contributed by atoms with van der Waals surface area (Å²) in [6.07, 6.45) is 3.53. The van der Waals surface area contributed by atoms with Crippen molar-refractivity contribution in [1.29, 1.82) is 0 Å². The standard InChI is InChI=1S/C71H84BN3/c1-45-38-62-64-63(39-45)74(58-34-27-48(66(5,6)7)40-54(58)46-22-20-19-21-23-46)60-42-50(68(11,12)13)26-32-56(60)72(64)57-33-31-53(43-61(57)73(62)52-29-24-47(25-30-52)65(2,3)4)75-59-35-28-49(67(8,9)10)41-55(59)70(17)44-51(69(14,15)16)36-37-71(70,75)18/h19-35,38-43,51H,36-37,44H2,1-18H3. The van der Waals surface area contributed by atoms with Crippen LogP contribution in [-0.4, -0.2) is 12.3 Å². The highest BCUT2D eigenvalue weighted by molar-refractivity contribution is 7.00. The third kappa shape index (κ3) is 8.21. The van der Waals surface area contributed by atoms with Crippen LogP contribution in [0.25, 0.3) is 11.1 Å². The first-order valence-corrected chi connectivity index (χ1v) is 28.3.